The second kappa shape index (κ2) is 6.14. The molecule has 2 N–H and O–H groups in total. The van der Waals surface area contributed by atoms with Crippen molar-refractivity contribution in [3.63, 3.8) is 0 Å². The van der Waals surface area contributed by atoms with E-state index in [0.29, 0.717) is 11.4 Å². The number of H-pyrrole nitrogens is 1. The van der Waals surface area contributed by atoms with Crippen molar-refractivity contribution in [2.75, 3.05) is 0 Å². The van der Waals surface area contributed by atoms with Crippen molar-refractivity contribution >= 4 is 11.0 Å². The van der Waals surface area contributed by atoms with E-state index in [4.69, 9.17) is 0 Å². The van der Waals surface area contributed by atoms with E-state index in [0.717, 1.165) is 4.57 Å². The average Bonchev–Trinajstić information content (AvgIpc) is 2.68. The summed E-state index contributed by atoms with van der Waals surface area (Å²) in [7, 11) is 0. The van der Waals surface area contributed by atoms with Crippen LogP contribution in [-0.2, 0) is 0 Å². The maximum Gasteiger partial charge on any atom is 0.341 e. The largest absolute Gasteiger partial charge is 0.506 e. The van der Waals surface area contributed by atoms with Crippen LogP contribution in [0, 0.1) is 6.92 Å². The Morgan fingerprint density at radius 1 is 0.815 bits per heavy atom. The second-order valence-corrected chi connectivity index (χ2v) is 6.08. The summed E-state index contributed by atoms with van der Waals surface area (Å²) in [5, 5.41) is 10.4. The Labute approximate surface area is 152 Å². The molecule has 134 valence electrons. The van der Waals surface area contributed by atoms with Crippen LogP contribution in [0.5, 0.6) is 5.75 Å². The highest BCUT2D eigenvalue weighted by Gasteiger charge is 2.21. The molecule has 2 aromatic carbocycles. The van der Waals surface area contributed by atoms with Crippen LogP contribution in [0.25, 0.3) is 22.4 Å². The van der Waals surface area contributed by atoms with Gasteiger partial charge < -0.3 is 10.1 Å². The van der Waals surface area contributed by atoms with Crippen LogP contribution < -0.4 is 16.8 Å². The average molecular weight is 361 g/mol. The zero-order chi connectivity index (χ0) is 19.1. The summed E-state index contributed by atoms with van der Waals surface area (Å²) < 4.78 is 2.19. The van der Waals surface area contributed by atoms with Crippen LogP contribution in [0.2, 0.25) is 0 Å². The van der Waals surface area contributed by atoms with Gasteiger partial charge in [0.2, 0.25) is 0 Å². The molecule has 2 heterocycles. The van der Waals surface area contributed by atoms with Crippen molar-refractivity contribution in [2.24, 2.45) is 0 Å². The van der Waals surface area contributed by atoms with E-state index in [-0.39, 0.29) is 16.6 Å². The molecule has 7 heteroatoms. The van der Waals surface area contributed by atoms with Gasteiger partial charge in [-0.3, -0.25) is 9.59 Å². The van der Waals surface area contributed by atoms with Gasteiger partial charge in [-0.25, -0.2) is 13.9 Å². The van der Waals surface area contributed by atoms with E-state index in [2.05, 4.69) is 4.98 Å². The third-order valence-corrected chi connectivity index (χ3v) is 4.45. The van der Waals surface area contributed by atoms with Crippen LogP contribution in [0.4, 0.5) is 0 Å². The molecule has 0 aliphatic carbocycles. The van der Waals surface area contributed by atoms with Crippen LogP contribution >= 0.6 is 0 Å². The lowest BCUT2D eigenvalue weighted by molar-refractivity contribution is 0.475. The molecule has 0 amide bonds. The number of nitrogens with zero attached hydrogens (tertiary/aromatic N) is 2. The second-order valence-electron chi connectivity index (χ2n) is 6.08. The molecule has 4 rings (SSSR count). The van der Waals surface area contributed by atoms with Crippen molar-refractivity contribution < 1.29 is 5.11 Å². The third kappa shape index (κ3) is 2.48. The Morgan fingerprint density at radius 3 is 1.89 bits per heavy atom. The monoisotopic (exact) mass is 361 g/mol. The van der Waals surface area contributed by atoms with E-state index >= 15 is 0 Å². The number of rotatable bonds is 2. The lowest BCUT2D eigenvalue weighted by Crippen LogP contribution is -2.39. The molecule has 0 spiro atoms. The number of aromatic hydroxyl groups is 1. The molecule has 0 unspecified atom stereocenters. The Kier molecular flexibility index (Phi) is 3.77. The number of hydrogen-bond acceptors (Lipinski definition) is 4. The Morgan fingerprint density at radius 2 is 1.33 bits per heavy atom. The molecule has 0 saturated heterocycles. The molecule has 0 atom stereocenters. The fraction of sp³-hybridized carbons (Fsp3) is 0.0500. The summed E-state index contributed by atoms with van der Waals surface area (Å²) in [5.74, 6) is -0.437. The fourth-order valence-electron chi connectivity index (χ4n) is 3.06. The number of hydrogen-bond donors (Lipinski definition) is 2. The first-order chi connectivity index (χ1) is 13.0. The number of fused-ring (bicyclic) bond motifs is 1. The minimum Gasteiger partial charge on any atom is -0.506 e. The number of para-hydroxylation sites is 2. The van der Waals surface area contributed by atoms with Crippen molar-refractivity contribution in [1.29, 1.82) is 0 Å². The number of benzene rings is 2. The molecular formula is C20H15N3O4. The summed E-state index contributed by atoms with van der Waals surface area (Å²) in [5.41, 5.74) is -1.14. The van der Waals surface area contributed by atoms with Gasteiger partial charge in [-0.1, -0.05) is 36.4 Å². The van der Waals surface area contributed by atoms with Crippen molar-refractivity contribution in [3.8, 4) is 17.1 Å². The fourth-order valence-corrected chi connectivity index (χ4v) is 3.06. The van der Waals surface area contributed by atoms with Crippen LogP contribution in [-0.4, -0.2) is 19.2 Å². The molecular weight excluding hydrogens is 346 g/mol. The van der Waals surface area contributed by atoms with Crippen LogP contribution in [0.1, 0.15) is 5.56 Å². The molecule has 0 aliphatic rings. The van der Waals surface area contributed by atoms with E-state index in [1.165, 1.54) is 11.5 Å². The van der Waals surface area contributed by atoms with Crippen LogP contribution in [0.15, 0.2) is 75.0 Å². The van der Waals surface area contributed by atoms with Gasteiger partial charge in [-0.05, 0) is 31.2 Å². The Hall–Kier alpha value is -3.87. The first-order valence-electron chi connectivity index (χ1n) is 8.25. The summed E-state index contributed by atoms with van der Waals surface area (Å²) in [6, 6.07) is 17.0. The van der Waals surface area contributed by atoms with Gasteiger partial charge in [0.1, 0.15) is 16.8 Å². The Balaban J connectivity index is 2.30. The molecule has 0 aliphatic heterocycles. The zero-order valence-electron chi connectivity index (χ0n) is 14.3. The molecule has 4 aromatic rings. The van der Waals surface area contributed by atoms with E-state index in [1.54, 1.807) is 60.7 Å². The van der Waals surface area contributed by atoms with Crippen molar-refractivity contribution in [2.45, 2.75) is 6.92 Å². The summed E-state index contributed by atoms with van der Waals surface area (Å²) in [6.07, 6.45) is 0. The van der Waals surface area contributed by atoms with Crippen molar-refractivity contribution in [1.82, 2.24) is 14.1 Å². The van der Waals surface area contributed by atoms with Crippen molar-refractivity contribution in [3.05, 3.63) is 97.4 Å². The predicted molar refractivity (Wildman–Crippen MR) is 102 cm³/mol. The number of aromatic nitrogens is 3. The first kappa shape index (κ1) is 16.6. The molecule has 7 nitrogen and oxygen atoms in total. The topological polar surface area (TPSA) is 97.1 Å². The maximum absolute atomic E-state index is 13.2. The first-order valence-corrected chi connectivity index (χ1v) is 8.25. The van der Waals surface area contributed by atoms with Gasteiger partial charge in [0, 0.05) is 0 Å². The lowest BCUT2D eigenvalue weighted by atomic mass is 10.2. The Bertz CT molecular complexity index is 1330. The van der Waals surface area contributed by atoms with E-state index in [1.807, 2.05) is 0 Å². The molecule has 0 saturated carbocycles. The SMILES string of the molecule is Cc1c(O)c2c(=O)n(-c3ccccc3)c(=O)n(-c3ccccc3)c2[nH]c1=O. The van der Waals surface area contributed by atoms with Gasteiger partial charge in [-0.15, -0.1) is 0 Å². The molecule has 2 aromatic heterocycles. The van der Waals surface area contributed by atoms with E-state index < -0.39 is 22.6 Å². The van der Waals surface area contributed by atoms with Gasteiger partial charge in [0.05, 0.1) is 16.9 Å². The number of nitrogens with one attached hydrogen (secondary N) is 1. The third-order valence-electron chi connectivity index (χ3n) is 4.45. The van der Waals surface area contributed by atoms with Gasteiger partial charge >= 0.3 is 5.69 Å². The number of aromatic amines is 1. The van der Waals surface area contributed by atoms with Gasteiger partial charge in [0.25, 0.3) is 11.1 Å². The standard InChI is InChI=1S/C20H15N3O4/c1-12-16(24)15-17(21-18(12)25)22(13-8-4-2-5-9-13)20(27)23(19(15)26)14-10-6-3-7-11-14/h2-11H,1H3,(H2,21,24,25). The summed E-state index contributed by atoms with van der Waals surface area (Å²) >= 11 is 0. The predicted octanol–water partition coefficient (Wildman–Crippen LogP) is 1.84. The van der Waals surface area contributed by atoms with Crippen LogP contribution in [0.3, 0.4) is 0 Å². The molecule has 0 bridgehead atoms. The maximum atomic E-state index is 13.2. The lowest BCUT2D eigenvalue weighted by Gasteiger charge is -2.15. The van der Waals surface area contributed by atoms with Gasteiger partial charge in [-0.2, -0.15) is 0 Å². The molecule has 0 radical (unpaired) electrons. The highest BCUT2D eigenvalue weighted by atomic mass is 16.3. The summed E-state index contributed by atoms with van der Waals surface area (Å²) in [6.45, 7) is 1.41. The minimum absolute atomic E-state index is 0.0115. The highest BCUT2D eigenvalue weighted by Crippen LogP contribution is 2.22. The molecule has 0 fully saturated rings. The van der Waals surface area contributed by atoms with Gasteiger partial charge in [0.15, 0.2) is 0 Å². The normalized spacial score (nSPS) is 11.0. The number of pyridine rings is 1. The quantitative estimate of drug-likeness (QED) is 0.569. The highest BCUT2D eigenvalue weighted by molar-refractivity contribution is 5.83. The molecule has 27 heavy (non-hydrogen) atoms. The zero-order valence-corrected chi connectivity index (χ0v) is 14.3. The minimum atomic E-state index is -0.703. The van der Waals surface area contributed by atoms with E-state index in [9.17, 15) is 19.5 Å². The smallest absolute Gasteiger partial charge is 0.341 e. The summed E-state index contributed by atoms with van der Waals surface area (Å²) in [4.78, 5) is 41.1.